The van der Waals surface area contributed by atoms with Crippen molar-refractivity contribution in [3.63, 3.8) is 0 Å². The molecule has 0 unspecified atom stereocenters. The number of amides is 2. The number of hydrogen-bond acceptors (Lipinski definition) is 3. The average molecular weight is 352 g/mol. The van der Waals surface area contributed by atoms with Crippen molar-refractivity contribution in [1.82, 2.24) is 0 Å². The fourth-order valence-corrected chi connectivity index (χ4v) is 2.62. The van der Waals surface area contributed by atoms with Gasteiger partial charge in [0, 0.05) is 17.3 Å². The lowest BCUT2D eigenvalue weighted by atomic mass is 10.1. The lowest BCUT2D eigenvalue weighted by molar-refractivity contribution is -0.118. The van der Waals surface area contributed by atoms with Crippen molar-refractivity contribution >= 4 is 23.2 Å². The van der Waals surface area contributed by atoms with Crippen molar-refractivity contribution in [3.05, 3.63) is 53.6 Å². The second kappa shape index (κ2) is 8.04. The first-order valence-corrected chi connectivity index (χ1v) is 8.98. The third kappa shape index (κ3) is 4.85. The number of ether oxygens (including phenoxy) is 1. The molecule has 2 aromatic rings. The highest BCUT2D eigenvalue weighted by atomic mass is 16.5. The van der Waals surface area contributed by atoms with E-state index in [4.69, 9.17) is 4.74 Å². The van der Waals surface area contributed by atoms with E-state index in [0.717, 1.165) is 36.1 Å². The zero-order chi connectivity index (χ0) is 18.5. The van der Waals surface area contributed by atoms with E-state index in [1.807, 2.05) is 43.3 Å². The Bertz CT molecular complexity index is 813. The summed E-state index contributed by atoms with van der Waals surface area (Å²) in [6.45, 7) is 3.94. The minimum Gasteiger partial charge on any atom is -0.484 e. The minimum atomic E-state index is -0.241. The fourth-order valence-electron chi connectivity index (χ4n) is 2.62. The van der Waals surface area contributed by atoms with Crippen LogP contribution in [-0.2, 0) is 16.0 Å². The minimum absolute atomic E-state index is 0.0516. The predicted molar refractivity (Wildman–Crippen MR) is 102 cm³/mol. The van der Waals surface area contributed by atoms with Crippen LogP contribution < -0.4 is 15.4 Å². The Kier molecular flexibility index (Phi) is 5.56. The Balaban J connectivity index is 1.57. The molecule has 0 bridgehead atoms. The van der Waals surface area contributed by atoms with Crippen LogP contribution in [0.25, 0.3) is 0 Å². The normalized spacial score (nSPS) is 13.2. The summed E-state index contributed by atoms with van der Waals surface area (Å²) in [6.07, 6.45) is 2.83. The number of hydrogen-bond donors (Lipinski definition) is 2. The molecule has 136 valence electrons. The summed E-state index contributed by atoms with van der Waals surface area (Å²) in [7, 11) is 0. The number of benzene rings is 2. The first-order chi connectivity index (χ1) is 12.5. The second-order valence-electron chi connectivity index (χ2n) is 6.63. The van der Waals surface area contributed by atoms with E-state index in [0.29, 0.717) is 11.4 Å². The van der Waals surface area contributed by atoms with Gasteiger partial charge in [-0.05, 0) is 61.6 Å². The van der Waals surface area contributed by atoms with Gasteiger partial charge in [-0.15, -0.1) is 0 Å². The molecule has 5 heteroatoms. The summed E-state index contributed by atoms with van der Waals surface area (Å²) >= 11 is 0. The van der Waals surface area contributed by atoms with Gasteiger partial charge in [-0.25, -0.2) is 0 Å². The SMILES string of the molecule is CCc1cccc(OCC(=O)Nc2ccc(C)c(NC(=O)C3CC3)c2)c1. The zero-order valence-electron chi connectivity index (χ0n) is 15.2. The van der Waals surface area contributed by atoms with E-state index in [1.165, 1.54) is 0 Å². The molecular weight excluding hydrogens is 328 g/mol. The topological polar surface area (TPSA) is 67.4 Å². The van der Waals surface area contributed by atoms with E-state index in [-0.39, 0.29) is 24.3 Å². The average Bonchev–Trinajstić information content (AvgIpc) is 3.48. The molecule has 5 nitrogen and oxygen atoms in total. The number of carbonyl (C=O) groups is 2. The van der Waals surface area contributed by atoms with Gasteiger partial charge in [-0.2, -0.15) is 0 Å². The summed E-state index contributed by atoms with van der Waals surface area (Å²) in [6, 6.07) is 13.2. The van der Waals surface area contributed by atoms with E-state index in [2.05, 4.69) is 17.6 Å². The Morgan fingerprint density at radius 2 is 1.92 bits per heavy atom. The molecule has 0 aromatic heterocycles. The van der Waals surface area contributed by atoms with Crippen molar-refractivity contribution in [2.24, 2.45) is 5.92 Å². The quantitative estimate of drug-likeness (QED) is 0.793. The first kappa shape index (κ1) is 18.0. The van der Waals surface area contributed by atoms with Gasteiger partial charge < -0.3 is 15.4 Å². The van der Waals surface area contributed by atoms with E-state index < -0.39 is 0 Å². The van der Waals surface area contributed by atoms with Crippen LogP contribution in [0.5, 0.6) is 5.75 Å². The monoisotopic (exact) mass is 352 g/mol. The highest BCUT2D eigenvalue weighted by Gasteiger charge is 2.29. The van der Waals surface area contributed by atoms with Gasteiger partial charge in [0.25, 0.3) is 5.91 Å². The second-order valence-corrected chi connectivity index (χ2v) is 6.63. The number of carbonyl (C=O) groups excluding carboxylic acids is 2. The molecular formula is C21H24N2O3. The molecule has 2 aromatic carbocycles. The van der Waals surface area contributed by atoms with Crippen molar-refractivity contribution in [3.8, 4) is 5.75 Å². The summed E-state index contributed by atoms with van der Waals surface area (Å²) in [5, 5.41) is 5.75. The molecule has 0 heterocycles. The van der Waals surface area contributed by atoms with Gasteiger partial charge in [0.2, 0.25) is 5.91 Å². The van der Waals surface area contributed by atoms with Gasteiger partial charge in [0.15, 0.2) is 6.61 Å². The van der Waals surface area contributed by atoms with Crippen LogP contribution in [0.1, 0.15) is 30.9 Å². The summed E-state index contributed by atoms with van der Waals surface area (Å²) in [4.78, 5) is 24.1. The maximum absolute atomic E-state index is 12.2. The molecule has 0 atom stereocenters. The Morgan fingerprint density at radius 1 is 1.12 bits per heavy atom. The van der Waals surface area contributed by atoms with Crippen molar-refractivity contribution in [2.75, 3.05) is 17.2 Å². The van der Waals surface area contributed by atoms with Gasteiger partial charge in [0.1, 0.15) is 5.75 Å². The van der Waals surface area contributed by atoms with Gasteiger partial charge in [0.05, 0.1) is 0 Å². The maximum atomic E-state index is 12.2. The molecule has 1 aliphatic carbocycles. The molecule has 2 amide bonds. The van der Waals surface area contributed by atoms with Crippen LogP contribution in [0.15, 0.2) is 42.5 Å². The molecule has 3 rings (SSSR count). The van der Waals surface area contributed by atoms with E-state index in [9.17, 15) is 9.59 Å². The molecule has 1 saturated carbocycles. The molecule has 1 fully saturated rings. The molecule has 0 saturated heterocycles. The van der Waals surface area contributed by atoms with Crippen molar-refractivity contribution in [1.29, 1.82) is 0 Å². The van der Waals surface area contributed by atoms with Crippen LogP contribution in [0.4, 0.5) is 11.4 Å². The van der Waals surface area contributed by atoms with Crippen LogP contribution in [0, 0.1) is 12.8 Å². The van der Waals surface area contributed by atoms with Crippen molar-refractivity contribution < 1.29 is 14.3 Å². The fraction of sp³-hybridized carbons (Fsp3) is 0.333. The molecule has 0 aliphatic heterocycles. The molecule has 26 heavy (non-hydrogen) atoms. The highest BCUT2D eigenvalue weighted by molar-refractivity contribution is 5.96. The van der Waals surface area contributed by atoms with Crippen LogP contribution in [0.2, 0.25) is 0 Å². The number of rotatable bonds is 7. The van der Waals surface area contributed by atoms with Crippen LogP contribution in [-0.4, -0.2) is 18.4 Å². The highest BCUT2D eigenvalue weighted by Crippen LogP contribution is 2.31. The Labute approximate surface area is 153 Å². The maximum Gasteiger partial charge on any atom is 0.262 e. The first-order valence-electron chi connectivity index (χ1n) is 8.98. The van der Waals surface area contributed by atoms with Crippen LogP contribution >= 0.6 is 0 Å². The molecule has 0 spiro atoms. The lowest BCUT2D eigenvalue weighted by Crippen LogP contribution is -2.20. The largest absolute Gasteiger partial charge is 0.484 e. The molecule has 1 aliphatic rings. The number of nitrogens with one attached hydrogen (secondary N) is 2. The third-order valence-electron chi connectivity index (χ3n) is 4.40. The summed E-state index contributed by atoms with van der Waals surface area (Å²) < 4.78 is 5.56. The van der Waals surface area contributed by atoms with Gasteiger partial charge in [-0.3, -0.25) is 9.59 Å². The number of anilines is 2. The standard InChI is InChI=1S/C21H24N2O3/c1-3-15-5-4-6-18(11-15)26-13-20(24)22-17-10-7-14(2)19(12-17)23-21(25)16-8-9-16/h4-7,10-12,16H,3,8-9,13H2,1-2H3,(H,22,24)(H,23,25). The zero-order valence-corrected chi connectivity index (χ0v) is 15.2. The Hall–Kier alpha value is -2.82. The lowest BCUT2D eigenvalue weighted by Gasteiger charge is -2.12. The molecule has 2 N–H and O–H groups in total. The van der Waals surface area contributed by atoms with E-state index in [1.54, 1.807) is 6.07 Å². The molecule has 0 radical (unpaired) electrons. The predicted octanol–water partition coefficient (Wildman–Crippen LogP) is 3.92. The Morgan fingerprint density at radius 3 is 2.65 bits per heavy atom. The third-order valence-corrected chi connectivity index (χ3v) is 4.40. The number of aryl methyl sites for hydroxylation is 2. The summed E-state index contributed by atoms with van der Waals surface area (Å²) in [5.41, 5.74) is 3.50. The van der Waals surface area contributed by atoms with E-state index >= 15 is 0 Å². The van der Waals surface area contributed by atoms with Gasteiger partial charge >= 0.3 is 0 Å². The van der Waals surface area contributed by atoms with Gasteiger partial charge in [-0.1, -0.05) is 25.1 Å². The smallest absolute Gasteiger partial charge is 0.262 e. The van der Waals surface area contributed by atoms with Crippen molar-refractivity contribution in [2.45, 2.75) is 33.1 Å². The summed E-state index contributed by atoms with van der Waals surface area (Å²) in [5.74, 6) is 0.631. The van der Waals surface area contributed by atoms with Crippen LogP contribution in [0.3, 0.4) is 0 Å².